The molecule has 1 amide bonds. The van der Waals surface area contributed by atoms with E-state index in [2.05, 4.69) is 17.2 Å². The quantitative estimate of drug-likeness (QED) is 0.624. The molecule has 0 spiro atoms. The number of benzene rings is 2. The SMILES string of the molecule is CC#CCCCCCNC(=O)c1cccc2ccccc12. The van der Waals surface area contributed by atoms with Gasteiger partial charge >= 0.3 is 0 Å². The minimum atomic E-state index is 0.0140. The van der Waals surface area contributed by atoms with Gasteiger partial charge in [-0.3, -0.25) is 4.79 Å². The highest BCUT2D eigenvalue weighted by atomic mass is 16.1. The smallest absolute Gasteiger partial charge is 0.251 e. The van der Waals surface area contributed by atoms with Gasteiger partial charge in [0, 0.05) is 18.5 Å². The van der Waals surface area contributed by atoms with Gasteiger partial charge in [-0.25, -0.2) is 0 Å². The highest BCUT2D eigenvalue weighted by molar-refractivity contribution is 6.06. The van der Waals surface area contributed by atoms with Crippen LogP contribution in [0, 0.1) is 11.8 Å². The number of rotatable bonds is 6. The highest BCUT2D eigenvalue weighted by Gasteiger charge is 2.08. The molecule has 108 valence electrons. The Balaban J connectivity index is 1.86. The monoisotopic (exact) mass is 279 g/mol. The fourth-order valence-electron chi connectivity index (χ4n) is 2.36. The van der Waals surface area contributed by atoms with Gasteiger partial charge < -0.3 is 5.32 Å². The number of unbranched alkanes of at least 4 members (excludes halogenated alkanes) is 3. The average molecular weight is 279 g/mol. The molecule has 0 bridgehead atoms. The zero-order chi connectivity index (χ0) is 14.9. The second kappa shape index (κ2) is 8.11. The minimum Gasteiger partial charge on any atom is -0.352 e. The number of amides is 1. The summed E-state index contributed by atoms with van der Waals surface area (Å²) in [4.78, 5) is 12.3. The van der Waals surface area contributed by atoms with E-state index in [1.54, 1.807) is 0 Å². The second-order valence-corrected chi connectivity index (χ2v) is 5.02. The van der Waals surface area contributed by atoms with Gasteiger partial charge in [-0.2, -0.15) is 0 Å². The van der Waals surface area contributed by atoms with E-state index in [1.807, 2.05) is 49.4 Å². The molecule has 0 aromatic heterocycles. The Kier molecular flexibility index (Phi) is 5.84. The van der Waals surface area contributed by atoms with Crippen LogP contribution in [0.15, 0.2) is 42.5 Å². The lowest BCUT2D eigenvalue weighted by Crippen LogP contribution is -2.24. The van der Waals surface area contributed by atoms with Crippen LogP contribution in [0.2, 0.25) is 0 Å². The topological polar surface area (TPSA) is 29.1 Å². The lowest BCUT2D eigenvalue weighted by molar-refractivity contribution is 0.0954. The van der Waals surface area contributed by atoms with Crippen LogP contribution in [-0.4, -0.2) is 12.5 Å². The summed E-state index contributed by atoms with van der Waals surface area (Å²) in [5.41, 5.74) is 0.755. The van der Waals surface area contributed by atoms with E-state index in [4.69, 9.17) is 0 Å². The average Bonchev–Trinajstić information content (AvgIpc) is 2.53. The van der Waals surface area contributed by atoms with Crippen molar-refractivity contribution in [1.29, 1.82) is 0 Å². The summed E-state index contributed by atoms with van der Waals surface area (Å²) in [5, 5.41) is 5.12. The van der Waals surface area contributed by atoms with E-state index in [0.717, 1.165) is 48.6 Å². The van der Waals surface area contributed by atoms with Crippen LogP contribution in [0.4, 0.5) is 0 Å². The molecular weight excluding hydrogens is 258 g/mol. The molecule has 0 aliphatic rings. The molecule has 0 saturated carbocycles. The fourth-order valence-corrected chi connectivity index (χ4v) is 2.36. The molecule has 1 N–H and O–H groups in total. The largest absolute Gasteiger partial charge is 0.352 e. The zero-order valence-corrected chi connectivity index (χ0v) is 12.5. The summed E-state index contributed by atoms with van der Waals surface area (Å²) in [7, 11) is 0. The maximum atomic E-state index is 12.3. The van der Waals surface area contributed by atoms with Crippen molar-refractivity contribution in [2.45, 2.75) is 32.6 Å². The van der Waals surface area contributed by atoms with Gasteiger partial charge in [0.2, 0.25) is 0 Å². The van der Waals surface area contributed by atoms with Gasteiger partial charge in [-0.05, 0) is 36.6 Å². The molecule has 0 heterocycles. The van der Waals surface area contributed by atoms with Crippen molar-refractivity contribution in [2.75, 3.05) is 6.54 Å². The van der Waals surface area contributed by atoms with E-state index in [9.17, 15) is 4.79 Å². The van der Waals surface area contributed by atoms with Crippen molar-refractivity contribution in [3.8, 4) is 11.8 Å². The Bertz CT molecular complexity index is 659. The molecule has 0 atom stereocenters. The third-order valence-corrected chi connectivity index (χ3v) is 3.48. The van der Waals surface area contributed by atoms with Gasteiger partial charge in [0.1, 0.15) is 0 Å². The van der Waals surface area contributed by atoms with Crippen LogP contribution in [0.5, 0.6) is 0 Å². The molecule has 2 heteroatoms. The lowest BCUT2D eigenvalue weighted by Gasteiger charge is -2.07. The van der Waals surface area contributed by atoms with Crippen LogP contribution >= 0.6 is 0 Å². The van der Waals surface area contributed by atoms with Crippen LogP contribution in [0.1, 0.15) is 43.0 Å². The summed E-state index contributed by atoms with van der Waals surface area (Å²) >= 11 is 0. The van der Waals surface area contributed by atoms with Gasteiger partial charge in [0.05, 0.1) is 0 Å². The van der Waals surface area contributed by atoms with E-state index in [1.165, 1.54) is 0 Å². The lowest BCUT2D eigenvalue weighted by atomic mass is 10.0. The van der Waals surface area contributed by atoms with Gasteiger partial charge in [0.25, 0.3) is 5.91 Å². The highest BCUT2D eigenvalue weighted by Crippen LogP contribution is 2.18. The first-order valence-electron chi connectivity index (χ1n) is 7.48. The standard InChI is InChI=1S/C19H21NO/c1-2-3-4-5-6-9-15-20-19(21)18-14-10-12-16-11-7-8-13-17(16)18/h7-8,10-14H,4-6,9,15H2,1H3,(H,20,21). The minimum absolute atomic E-state index is 0.0140. The van der Waals surface area contributed by atoms with Crippen LogP contribution in [-0.2, 0) is 0 Å². The Morgan fingerprint density at radius 3 is 2.71 bits per heavy atom. The van der Waals surface area contributed by atoms with Gasteiger partial charge in [0.15, 0.2) is 0 Å². The van der Waals surface area contributed by atoms with Crippen molar-refractivity contribution in [3.63, 3.8) is 0 Å². The number of fused-ring (bicyclic) bond motifs is 1. The zero-order valence-electron chi connectivity index (χ0n) is 12.5. The molecule has 2 aromatic carbocycles. The van der Waals surface area contributed by atoms with E-state index in [-0.39, 0.29) is 5.91 Å². The molecule has 0 unspecified atom stereocenters. The summed E-state index contributed by atoms with van der Waals surface area (Å²) in [6, 6.07) is 13.8. The fraction of sp³-hybridized carbons (Fsp3) is 0.316. The maximum Gasteiger partial charge on any atom is 0.251 e. The molecule has 2 rings (SSSR count). The number of nitrogens with one attached hydrogen (secondary N) is 1. The van der Waals surface area contributed by atoms with Crippen molar-refractivity contribution >= 4 is 16.7 Å². The first kappa shape index (κ1) is 15.1. The molecular formula is C19H21NO. The number of carbonyl (C=O) groups excluding carboxylic acids is 1. The molecule has 0 radical (unpaired) electrons. The molecule has 0 aliphatic heterocycles. The number of hydrogen-bond donors (Lipinski definition) is 1. The summed E-state index contributed by atoms with van der Waals surface area (Å²) in [6.07, 6.45) is 4.16. The first-order chi connectivity index (χ1) is 10.3. The maximum absolute atomic E-state index is 12.3. The Morgan fingerprint density at radius 2 is 1.86 bits per heavy atom. The Hall–Kier alpha value is -2.27. The van der Waals surface area contributed by atoms with Gasteiger partial charge in [-0.1, -0.05) is 42.8 Å². The van der Waals surface area contributed by atoms with Crippen molar-refractivity contribution in [1.82, 2.24) is 5.32 Å². The first-order valence-corrected chi connectivity index (χ1v) is 7.48. The molecule has 21 heavy (non-hydrogen) atoms. The van der Waals surface area contributed by atoms with Crippen LogP contribution in [0.3, 0.4) is 0 Å². The number of carbonyl (C=O) groups is 1. The number of hydrogen-bond acceptors (Lipinski definition) is 1. The third-order valence-electron chi connectivity index (χ3n) is 3.48. The summed E-state index contributed by atoms with van der Waals surface area (Å²) in [6.45, 7) is 2.59. The van der Waals surface area contributed by atoms with Crippen molar-refractivity contribution < 1.29 is 4.79 Å². The van der Waals surface area contributed by atoms with Crippen molar-refractivity contribution in [3.05, 3.63) is 48.0 Å². The molecule has 2 nitrogen and oxygen atoms in total. The molecule has 0 aliphatic carbocycles. The summed E-state index contributed by atoms with van der Waals surface area (Å²) in [5.74, 6) is 5.97. The van der Waals surface area contributed by atoms with Crippen LogP contribution in [0.25, 0.3) is 10.8 Å². The summed E-state index contributed by atoms with van der Waals surface area (Å²) < 4.78 is 0. The second-order valence-electron chi connectivity index (χ2n) is 5.02. The Labute approximate surface area is 126 Å². The predicted molar refractivity (Wildman–Crippen MR) is 88.2 cm³/mol. The predicted octanol–water partition coefficient (Wildman–Crippen LogP) is 4.15. The van der Waals surface area contributed by atoms with E-state index in [0.29, 0.717) is 0 Å². The molecule has 2 aromatic rings. The molecule has 0 fully saturated rings. The van der Waals surface area contributed by atoms with Crippen LogP contribution < -0.4 is 5.32 Å². The van der Waals surface area contributed by atoms with E-state index >= 15 is 0 Å². The third kappa shape index (κ3) is 4.36. The van der Waals surface area contributed by atoms with Crippen molar-refractivity contribution in [2.24, 2.45) is 0 Å². The Morgan fingerprint density at radius 1 is 1.05 bits per heavy atom. The molecule has 0 saturated heterocycles. The van der Waals surface area contributed by atoms with E-state index < -0.39 is 0 Å². The van der Waals surface area contributed by atoms with Gasteiger partial charge in [-0.15, -0.1) is 11.8 Å². The normalized spacial score (nSPS) is 9.95.